The predicted molar refractivity (Wildman–Crippen MR) is 210 cm³/mol. The van der Waals surface area contributed by atoms with E-state index in [9.17, 15) is 20.3 Å². The molecule has 3 aromatic heterocycles. The van der Waals surface area contributed by atoms with Gasteiger partial charge in [0.05, 0.1) is 19.1 Å². The highest BCUT2D eigenvalue weighted by atomic mass is 16.6. The number of nitriles is 1. The number of likely N-dealkylation sites (tertiary alicyclic amines) is 2. The molecule has 0 saturated carbocycles. The first-order chi connectivity index (χ1) is 27.7. The first-order valence-corrected chi connectivity index (χ1v) is 19.5. The van der Waals surface area contributed by atoms with Gasteiger partial charge in [-0.3, -0.25) is 9.69 Å². The van der Waals surface area contributed by atoms with Crippen molar-refractivity contribution in [1.82, 2.24) is 24.3 Å². The molecule has 2 N–H and O–H groups in total. The van der Waals surface area contributed by atoms with Gasteiger partial charge in [-0.25, -0.2) is 4.98 Å². The molecule has 14 heteroatoms. The minimum Gasteiger partial charge on any atom is -0.481 e. The Hall–Kier alpha value is -5.75. The molecule has 2 aromatic carbocycles. The number of ether oxygens (including phenoxy) is 2. The van der Waals surface area contributed by atoms with Gasteiger partial charge in [0, 0.05) is 56.1 Å². The fourth-order valence-corrected chi connectivity index (χ4v) is 8.57. The van der Waals surface area contributed by atoms with Crippen molar-refractivity contribution >= 4 is 17.1 Å². The van der Waals surface area contributed by atoms with Crippen LogP contribution >= 0.6 is 0 Å². The fraction of sp³-hybridized carbons (Fsp3) is 0.419. The van der Waals surface area contributed by atoms with Crippen LogP contribution in [0.2, 0.25) is 0 Å². The van der Waals surface area contributed by atoms with Gasteiger partial charge in [-0.1, -0.05) is 35.5 Å². The highest BCUT2D eigenvalue weighted by molar-refractivity contribution is 5.83. The van der Waals surface area contributed by atoms with Crippen LogP contribution in [-0.4, -0.2) is 93.6 Å². The summed E-state index contributed by atoms with van der Waals surface area (Å²) < 4.78 is 20.4. The highest BCUT2D eigenvalue weighted by Gasteiger charge is 2.29. The number of hydrogen-bond donors (Lipinski definition) is 2. The van der Waals surface area contributed by atoms with Crippen LogP contribution in [0.1, 0.15) is 59.6 Å². The number of carboxylic acid groups (broad SMARTS) is 1. The molecule has 0 spiro atoms. The smallest absolute Gasteiger partial charge is 0.306 e. The first-order valence-electron chi connectivity index (χ1n) is 19.5. The average molecular weight is 774 g/mol. The van der Waals surface area contributed by atoms with Crippen molar-refractivity contribution in [3.8, 4) is 40.4 Å². The standard InChI is InChI=1S/C43H47N7O7/c1-26-31(33-8-5-9-35-34(33)11-12-36(35)56-37-13-10-28(41(45-37)54-2)23-49-19-16-30(51)25-49)6-4-7-32(26)42-46-38-39(57-42)29(22-44)24-50(40(38)47-55-3)21-20-48-17-14-27(15-18-48)43(52)53/h4-10,13,24,27,30,36,51H,11-12,14-21,23,25H2,1-3H3,(H,52,53)/b47-40-/t30-,36+/m1/s1. The van der Waals surface area contributed by atoms with E-state index in [-0.39, 0.29) is 18.1 Å². The Morgan fingerprint density at radius 1 is 0.982 bits per heavy atom. The van der Waals surface area contributed by atoms with Crippen LogP contribution in [0.3, 0.4) is 0 Å². The summed E-state index contributed by atoms with van der Waals surface area (Å²) in [6, 6.07) is 18.6. The molecule has 2 saturated heterocycles. The molecule has 1 aliphatic carbocycles. The minimum absolute atomic E-state index is 0.173. The number of hydrogen-bond acceptors (Lipinski definition) is 12. The Balaban J connectivity index is 1.05. The van der Waals surface area contributed by atoms with Crippen LogP contribution in [0.5, 0.6) is 11.8 Å². The molecule has 14 nitrogen and oxygen atoms in total. The Morgan fingerprint density at radius 3 is 2.49 bits per heavy atom. The average Bonchev–Trinajstić information content (AvgIpc) is 3.97. The molecule has 3 aliphatic rings. The molecule has 0 bridgehead atoms. The third-order valence-electron chi connectivity index (χ3n) is 11.6. The Kier molecular flexibility index (Phi) is 11.0. The zero-order valence-corrected chi connectivity index (χ0v) is 32.5. The summed E-state index contributed by atoms with van der Waals surface area (Å²) >= 11 is 0. The molecule has 2 aliphatic heterocycles. The van der Waals surface area contributed by atoms with Crippen molar-refractivity contribution in [1.29, 1.82) is 5.26 Å². The summed E-state index contributed by atoms with van der Waals surface area (Å²) in [7, 11) is 3.09. The number of aliphatic hydroxyl groups is 1. The largest absolute Gasteiger partial charge is 0.481 e. The highest BCUT2D eigenvalue weighted by Crippen LogP contribution is 2.42. The SMILES string of the molecule is CO/N=c1/c2nc(-c3cccc(-c4cccc5c4CC[C@@H]5Oc4ccc(CN5CC[C@@H](O)C5)c(OC)n4)c3C)oc2c(C#N)cn1CCN1CCC(C(=O)O)CC1. The number of benzene rings is 2. The van der Waals surface area contributed by atoms with Gasteiger partial charge in [0.2, 0.25) is 23.1 Å². The number of β-amino-alcohol motifs (C(OH)–C–C–N with tert-alkyl or cyclic N) is 1. The summed E-state index contributed by atoms with van der Waals surface area (Å²) in [6.07, 6.45) is 4.88. The van der Waals surface area contributed by atoms with Crippen molar-refractivity contribution in [3.05, 3.63) is 88.0 Å². The molecule has 0 unspecified atom stereocenters. The van der Waals surface area contributed by atoms with Gasteiger partial charge < -0.3 is 38.4 Å². The van der Waals surface area contributed by atoms with Crippen molar-refractivity contribution < 1.29 is 33.7 Å². The van der Waals surface area contributed by atoms with Crippen LogP contribution in [0.15, 0.2) is 64.3 Å². The number of aliphatic hydroxyl groups excluding tert-OH is 1. The second kappa shape index (κ2) is 16.4. The fourth-order valence-electron chi connectivity index (χ4n) is 8.57. The van der Waals surface area contributed by atoms with Crippen molar-refractivity contribution in [2.24, 2.45) is 11.1 Å². The van der Waals surface area contributed by atoms with Crippen LogP contribution < -0.4 is 15.0 Å². The van der Waals surface area contributed by atoms with Gasteiger partial charge in [0.25, 0.3) is 0 Å². The third kappa shape index (κ3) is 7.70. The topological polar surface area (TPSA) is 172 Å². The molecular weight excluding hydrogens is 727 g/mol. The van der Waals surface area contributed by atoms with Crippen molar-refractivity contribution in [3.63, 3.8) is 0 Å². The minimum atomic E-state index is -0.739. The molecule has 0 radical (unpaired) electrons. The summed E-state index contributed by atoms with van der Waals surface area (Å²) in [5, 5.41) is 33.9. The normalized spacial score (nSPS) is 19.2. The van der Waals surface area contributed by atoms with Crippen LogP contribution in [-0.2, 0) is 29.1 Å². The molecule has 2 fully saturated rings. The van der Waals surface area contributed by atoms with Gasteiger partial charge in [-0.05, 0) is 92.1 Å². The molecule has 57 heavy (non-hydrogen) atoms. The van der Waals surface area contributed by atoms with Gasteiger partial charge in [-0.2, -0.15) is 10.2 Å². The maximum atomic E-state index is 11.4. The number of nitrogens with zero attached hydrogens (tertiary/aromatic N) is 7. The van der Waals surface area contributed by atoms with E-state index in [1.807, 2.05) is 28.8 Å². The predicted octanol–water partition coefficient (Wildman–Crippen LogP) is 5.44. The Morgan fingerprint density at radius 2 is 1.75 bits per heavy atom. The van der Waals surface area contributed by atoms with E-state index in [1.165, 1.54) is 12.7 Å². The third-order valence-corrected chi connectivity index (χ3v) is 11.6. The maximum absolute atomic E-state index is 11.4. The summed E-state index contributed by atoms with van der Waals surface area (Å²) in [6.45, 7) is 6.75. The number of rotatable bonds is 12. The summed E-state index contributed by atoms with van der Waals surface area (Å²) in [5.41, 5.74) is 8.77. The number of carboxylic acids is 1. The van der Waals surface area contributed by atoms with Gasteiger partial charge in [0.15, 0.2) is 11.1 Å². The van der Waals surface area contributed by atoms with E-state index in [1.54, 1.807) is 13.3 Å². The monoisotopic (exact) mass is 773 g/mol. The zero-order valence-electron chi connectivity index (χ0n) is 32.5. The van der Waals surface area contributed by atoms with E-state index < -0.39 is 5.97 Å². The van der Waals surface area contributed by atoms with Crippen LogP contribution in [0, 0.1) is 24.2 Å². The molecule has 5 aromatic rings. The molecule has 0 amide bonds. The zero-order chi connectivity index (χ0) is 39.6. The number of fused-ring (bicyclic) bond motifs is 2. The molecule has 8 rings (SSSR count). The van der Waals surface area contributed by atoms with E-state index in [4.69, 9.17) is 28.7 Å². The number of carbonyl (C=O) groups is 1. The van der Waals surface area contributed by atoms with Gasteiger partial charge in [-0.15, -0.1) is 0 Å². The van der Waals surface area contributed by atoms with Crippen molar-refractivity contribution in [2.75, 3.05) is 46.9 Å². The number of piperidine rings is 1. The molecule has 5 heterocycles. The lowest BCUT2D eigenvalue weighted by Crippen LogP contribution is -2.39. The van der Waals surface area contributed by atoms with Crippen LogP contribution in [0.4, 0.5) is 0 Å². The number of methoxy groups -OCH3 is 1. The van der Waals surface area contributed by atoms with E-state index >= 15 is 0 Å². The summed E-state index contributed by atoms with van der Waals surface area (Å²) in [5.74, 6) is 0.365. The van der Waals surface area contributed by atoms with Gasteiger partial charge >= 0.3 is 5.97 Å². The molecular formula is C43H47N7O7. The van der Waals surface area contributed by atoms with Crippen molar-refractivity contribution in [2.45, 2.75) is 64.3 Å². The lowest BCUT2D eigenvalue weighted by molar-refractivity contribution is -0.143. The number of aliphatic carboxylic acids is 1. The van der Waals surface area contributed by atoms with E-state index in [0.717, 1.165) is 59.2 Å². The van der Waals surface area contributed by atoms with E-state index in [0.29, 0.717) is 91.9 Å². The number of aromatic nitrogens is 3. The lowest BCUT2D eigenvalue weighted by atomic mass is 9.91. The molecule has 296 valence electrons. The lowest BCUT2D eigenvalue weighted by Gasteiger charge is -2.30. The Bertz CT molecular complexity index is 2410. The van der Waals surface area contributed by atoms with Crippen LogP contribution in [0.25, 0.3) is 33.7 Å². The second-order valence-electron chi connectivity index (χ2n) is 15.1. The summed E-state index contributed by atoms with van der Waals surface area (Å²) in [4.78, 5) is 30.8. The Labute approximate surface area is 330 Å². The number of pyridine rings is 2. The van der Waals surface area contributed by atoms with E-state index in [2.05, 4.69) is 52.2 Å². The first kappa shape index (κ1) is 38.1. The second-order valence-corrected chi connectivity index (χ2v) is 15.1. The number of oxazole rings is 1. The maximum Gasteiger partial charge on any atom is 0.306 e. The van der Waals surface area contributed by atoms with Gasteiger partial charge in [0.1, 0.15) is 24.8 Å². The molecule has 2 atom stereocenters. The quantitative estimate of drug-likeness (QED) is 0.154.